The zero-order valence-electron chi connectivity index (χ0n) is 12.2. The Bertz CT molecular complexity index is 562. The third kappa shape index (κ3) is 4.51. The molecule has 1 fully saturated rings. The predicted octanol–water partition coefficient (Wildman–Crippen LogP) is 2.61. The van der Waals surface area contributed by atoms with Crippen molar-refractivity contribution < 1.29 is 23.5 Å². The fourth-order valence-corrected chi connectivity index (χ4v) is 2.81. The van der Waals surface area contributed by atoms with E-state index in [4.69, 9.17) is 5.11 Å². The quantitative estimate of drug-likeness (QED) is 0.909. The lowest BCUT2D eigenvalue weighted by Crippen LogP contribution is -2.41. The lowest BCUT2D eigenvalue weighted by molar-refractivity contribution is -0.137. The zero-order valence-corrected chi connectivity index (χ0v) is 12.2. The van der Waals surface area contributed by atoms with Crippen LogP contribution in [0.2, 0.25) is 0 Å². The Hall–Kier alpha value is -1.98. The van der Waals surface area contributed by atoms with Crippen molar-refractivity contribution in [3.8, 4) is 0 Å². The molecule has 0 bridgehead atoms. The highest BCUT2D eigenvalue weighted by molar-refractivity contribution is 5.79. The molecule has 1 saturated heterocycles. The van der Waals surface area contributed by atoms with Crippen molar-refractivity contribution in [2.24, 2.45) is 5.92 Å². The van der Waals surface area contributed by atoms with E-state index >= 15 is 0 Å². The molecule has 2 rings (SSSR count). The number of hydrogen-bond donors (Lipinski definition) is 1. The van der Waals surface area contributed by atoms with Crippen molar-refractivity contribution in [3.63, 3.8) is 0 Å². The van der Waals surface area contributed by atoms with Gasteiger partial charge in [0.2, 0.25) is 5.91 Å². The molecule has 1 aromatic rings. The molecule has 0 aliphatic carbocycles. The van der Waals surface area contributed by atoms with Crippen LogP contribution < -0.4 is 0 Å². The van der Waals surface area contributed by atoms with Crippen LogP contribution in [0.15, 0.2) is 18.2 Å². The number of likely N-dealkylation sites (tertiary alicyclic amines) is 1. The smallest absolute Gasteiger partial charge is 0.303 e. The standard InChI is InChI=1S/C16H19F2NO3/c17-13-4-5-14(18)12(8-13)9-15(20)19-7-1-2-11(10-19)3-6-16(21)22/h4-5,8,11H,1-3,6-7,9-10H2,(H,21,22)/t11-/m1/s1. The lowest BCUT2D eigenvalue weighted by atomic mass is 9.93. The maximum Gasteiger partial charge on any atom is 0.303 e. The number of nitrogens with zero attached hydrogens (tertiary/aromatic N) is 1. The highest BCUT2D eigenvalue weighted by Crippen LogP contribution is 2.22. The van der Waals surface area contributed by atoms with Crippen LogP contribution in [0, 0.1) is 17.6 Å². The van der Waals surface area contributed by atoms with E-state index in [1.807, 2.05) is 0 Å². The SMILES string of the molecule is O=C(O)CC[C@H]1CCCN(C(=O)Cc2cc(F)ccc2F)C1. The number of carboxylic acids is 1. The molecule has 1 aliphatic rings. The van der Waals surface area contributed by atoms with Crippen molar-refractivity contribution in [2.45, 2.75) is 32.1 Å². The molecular formula is C16H19F2NO3. The molecule has 1 aromatic carbocycles. The summed E-state index contributed by atoms with van der Waals surface area (Å²) in [6, 6.07) is 3.08. The van der Waals surface area contributed by atoms with E-state index in [9.17, 15) is 18.4 Å². The van der Waals surface area contributed by atoms with Gasteiger partial charge in [-0.2, -0.15) is 0 Å². The van der Waals surface area contributed by atoms with E-state index in [-0.39, 0.29) is 30.2 Å². The third-order valence-corrected chi connectivity index (χ3v) is 3.99. The summed E-state index contributed by atoms with van der Waals surface area (Å²) >= 11 is 0. The van der Waals surface area contributed by atoms with Crippen LogP contribution in [0.25, 0.3) is 0 Å². The van der Waals surface area contributed by atoms with Gasteiger partial charge < -0.3 is 10.0 Å². The molecule has 6 heteroatoms. The number of benzene rings is 1. The molecule has 0 saturated carbocycles. The summed E-state index contributed by atoms with van der Waals surface area (Å²) in [6.45, 7) is 1.07. The van der Waals surface area contributed by atoms with E-state index in [0.29, 0.717) is 19.5 Å². The van der Waals surface area contributed by atoms with Gasteiger partial charge in [0.25, 0.3) is 0 Å². The minimum absolute atomic E-state index is 0.0534. The Morgan fingerprint density at radius 2 is 2.09 bits per heavy atom. The van der Waals surface area contributed by atoms with E-state index in [2.05, 4.69) is 0 Å². The van der Waals surface area contributed by atoms with Crippen LogP contribution in [0.1, 0.15) is 31.2 Å². The first kappa shape index (κ1) is 16.4. The minimum Gasteiger partial charge on any atom is -0.481 e. The maximum atomic E-state index is 13.6. The molecule has 1 N–H and O–H groups in total. The number of carbonyl (C=O) groups excluding carboxylic acids is 1. The van der Waals surface area contributed by atoms with Crippen LogP contribution in [0.3, 0.4) is 0 Å². The average Bonchev–Trinajstić information content (AvgIpc) is 2.49. The number of rotatable bonds is 5. The molecular weight excluding hydrogens is 292 g/mol. The summed E-state index contributed by atoms with van der Waals surface area (Å²) in [5, 5.41) is 8.71. The summed E-state index contributed by atoms with van der Waals surface area (Å²) in [7, 11) is 0. The van der Waals surface area contributed by atoms with Gasteiger partial charge in [-0.05, 0) is 43.4 Å². The second kappa shape index (κ2) is 7.33. The molecule has 0 unspecified atom stereocenters. The predicted molar refractivity (Wildman–Crippen MR) is 76.2 cm³/mol. The van der Waals surface area contributed by atoms with Gasteiger partial charge in [0.05, 0.1) is 6.42 Å². The Labute approximate surface area is 127 Å². The molecule has 1 amide bonds. The van der Waals surface area contributed by atoms with Gasteiger partial charge in [0, 0.05) is 25.1 Å². The van der Waals surface area contributed by atoms with E-state index in [0.717, 1.165) is 31.0 Å². The highest BCUT2D eigenvalue weighted by atomic mass is 19.1. The largest absolute Gasteiger partial charge is 0.481 e. The second-order valence-electron chi connectivity index (χ2n) is 5.69. The number of piperidine rings is 1. The van der Waals surface area contributed by atoms with Gasteiger partial charge in [-0.3, -0.25) is 9.59 Å². The van der Waals surface area contributed by atoms with Crippen LogP contribution in [0.5, 0.6) is 0 Å². The molecule has 0 aromatic heterocycles. The minimum atomic E-state index is -0.842. The Kier molecular flexibility index (Phi) is 5.46. The van der Waals surface area contributed by atoms with E-state index in [1.165, 1.54) is 0 Å². The van der Waals surface area contributed by atoms with Gasteiger partial charge in [-0.25, -0.2) is 8.78 Å². The molecule has 22 heavy (non-hydrogen) atoms. The van der Waals surface area contributed by atoms with Crippen LogP contribution in [-0.4, -0.2) is 35.0 Å². The molecule has 1 aliphatic heterocycles. The number of halogens is 2. The van der Waals surface area contributed by atoms with Crippen LogP contribution in [-0.2, 0) is 16.0 Å². The number of amides is 1. The summed E-state index contributed by atoms with van der Waals surface area (Å²) in [5.41, 5.74) is 0.0534. The Morgan fingerprint density at radius 3 is 2.82 bits per heavy atom. The average molecular weight is 311 g/mol. The maximum absolute atomic E-state index is 13.6. The van der Waals surface area contributed by atoms with E-state index in [1.54, 1.807) is 4.90 Å². The molecule has 120 valence electrons. The number of hydrogen-bond acceptors (Lipinski definition) is 2. The van der Waals surface area contributed by atoms with Gasteiger partial charge in [0.15, 0.2) is 0 Å². The number of carbonyl (C=O) groups is 2. The van der Waals surface area contributed by atoms with Crippen molar-refractivity contribution in [1.82, 2.24) is 4.90 Å². The molecule has 1 heterocycles. The number of aliphatic carboxylic acids is 1. The van der Waals surface area contributed by atoms with Crippen molar-refractivity contribution in [3.05, 3.63) is 35.4 Å². The van der Waals surface area contributed by atoms with Crippen LogP contribution >= 0.6 is 0 Å². The van der Waals surface area contributed by atoms with Gasteiger partial charge >= 0.3 is 5.97 Å². The normalized spacial score (nSPS) is 18.3. The van der Waals surface area contributed by atoms with Gasteiger partial charge in [-0.1, -0.05) is 0 Å². The van der Waals surface area contributed by atoms with Crippen molar-refractivity contribution >= 4 is 11.9 Å². The highest BCUT2D eigenvalue weighted by Gasteiger charge is 2.24. The fraction of sp³-hybridized carbons (Fsp3) is 0.500. The molecule has 0 radical (unpaired) electrons. The first-order valence-electron chi connectivity index (χ1n) is 7.39. The second-order valence-corrected chi connectivity index (χ2v) is 5.69. The monoisotopic (exact) mass is 311 g/mol. The summed E-state index contributed by atoms with van der Waals surface area (Å²) in [4.78, 5) is 24.5. The van der Waals surface area contributed by atoms with E-state index < -0.39 is 17.6 Å². The Balaban J connectivity index is 1.94. The number of carboxylic acid groups (broad SMARTS) is 1. The molecule has 4 nitrogen and oxygen atoms in total. The first-order valence-corrected chi connectivity index (χ1v) is 7.39. The lowest BCUT2D eigenvalue weighted by Gasteiger charge is -2.32. The van der Waals surface area contributed by atoms with Crippen molar-refractivity contribution in [1.29, 1.82) is 0 Å². The third-order valence-electron chi connectivity index (χ3n) is 3.99. The summed E-state index contributed by atoms with van der Waals surface area (Å²) in [6.07, 6.45) is 2.15. The topological polar surface area (TPSA) is 57.6 Å². The van der Waals surface area contributed by atoms with Gasteiger partial charge in [0.1, 0.15) is 11.6 Å². The molecule has 0 spiro atoms. The zero-order chi connectivity index (χ0) is 16.1. The fourth-order valence-electron chi connectivity index (χ4n) is 2.81. The molecule has 1 atom stereocenters. The summed E-state index contributed by atoms with van der Waals surface area (Å²) < 4.78 is 26.7. The van der Waals surface area contributed by atoms with Crippen molar-refractivity contribution in [2.75, 3.05) is 13.1 Å². The summed E-state index contributed by atoms with van der Waals surface area (Å²) in [5.74, 6) is -2.09. The van der Waals surface area contributed by atoms with Gasteiger partial charge in [-0.15, -0.1) is 0 Å². The Morgan fingerprint density at radius 1 is 1.32 bits per heavy atom. The van der Waals surface area contributed by atoms with Crippen LogP contribution in [0.4, 0.5) is 8.78 Å². The first-order chi connectivity index (χ1) is 10.5.